The van der Waals surface area contributed by atoms with Crippen molar-refractivity contribution in [3.63, 3.8) is 0 Å². The predicted molar refractivity (Wildman–Crippen MR) is 93.2 cm³/mol. The van der Waals surface area contributed by atoms with Gasteiger partial charge in [0.15, 0.2) is 0 Å². The highest BCUT2D eigenvalue weighted by Gasteiger charge is 2.46. The number of benzene rings is 1. The number of aromatic nitrogens is 3. The Morgan fingerprint density at radius 3 is 2.75 bits per heavy atom. The topological polar surface area (TPSA) is 91.7 Å². The summed E-state index contributed by atoms with van der Waals surface area (Å²) < 4.78 is 0.640. The zero-order chi connectivity index (χ0) is 16.7. The molecule has 2 N–H and O–H groups in total. The Kier molecular flexibility index (Phi) is 3.74. The van der Waals surface area contributed by atoms with E-state index in [4.69, 9.17) is 11.0 Å². The van der Waals surface area contributed by atoms with E-state index in [0.29, 0.717) is 16.1 Å². The van der Waals surface area contributed by atoms with Gasteiger partial charge in [-0.2, -0.15) is 5.26 Å². The SMILES string of the molecule is N#Cc1ccc2c(c1)CC1(CCN(c3ncc(Br)nn3)CC1)[C@@H]2N. The molecule has 4 rings (SSSR count). The average Bonchev–Trinajstić information content (AvgIpc) is 2.88. The monoisotopic (exact) mass is 384 g/mol. The van der Waals surface area contributed by atoms with Crippen LogP contribution in [0.4, 0.5) is 5.95 Å². The summed E-state index contributed by atoms with van der Waals surface area (Å²) in [6, 6.07) is 8.15. The Balaban J connectivity index is 1.53. The zero-order valence-corrected chi connectivity index (χ0v) is 14.7. The first-order chi connectivity index (χ1) is 11.6. The maximum atomic E-state index is 9.11. The molecule has 0 bridgehead atoms. The Morgan fingerprint density at radius 2 is 2.08 bits per heavy atom. The molecule has 1 spiro atoms. The fraction of sp³-hybridized carbons (Fsp3) is 0.412. The molecule has 1 aromatic heterocycles. The summed E-state index contributed by atoms with van der Waals surface area (Å²) in [5.41, 5.74) is 9.82. The molecule has 1 fully saturated rings. The van der Waals surface area contributed by atoms with Gasteiger partial charge in [-0.1, -0.05) is 6.07 Å². The number of piperidine rings is 1. The van der Waals surface area contributed by atoms with Crippen molar-refractivity contribution in [2.75, 3.05) is 18.0 Å². The molecule has 24 heavy (non-hydrogen) atoms. The second kappa shape index (κ2) is 5.80. The smallest absolute Gasteiger partial charge is 0.245 e. The normalized spacial score (nSPS) is 21.5. The van der Waals surface area contributed by atoms with Crippen LogP contribution in [-0.4, -0.2) is 28.3 Å². The van der Waals surface area contributed by atoms with Crippen molar-refractivity contribution in [2.45, 2.75) is 25.3 Å². The summed E-state index contributed by atoms with van der Waals surface area (Å²) in [6.07, 6.45) is 4.61. The van der Waals surface area contributed by atoms with Gasteiger partial charge in [0.1, 0.15) is 4.60 Å². The highest BCUT2D eigenvalue weighted by molar-refractivity contribution is 9.10. The van der Waals surface area contributed by atoms with E-state index in [1.165, 1.54) is 11.1 Å². The van der Waals surface area contributed by atoms with Crippen LogP contribution in [0.5, 0.6) is 0 Å². The molecular weight excluding hydrogens is 368 g/mol. The minimum Gasteiger partial charge on any atom is -0.339 e. The third-order valence-corrected chi connectivity index (χ3v) is 5.74. The quantitative estimate of drug-likeness (QED) is 0.810. The van der Waals surface area contributed by atoms with Crippen molar-refractivity contribution in [2.24, 2.45) is 11.1 Å². The van der Waals surface area contributed by atoms with Gasteiger partial charge in [-0.05, 0) is 63.9 Å². The standard InChI is InChI=1S/C17H17BrN6/c18-14-10-21-16(23-22-14)24-5-3-17(4-6-24)8-12-7-11(9-19)1-2-13(12)15(17)20/h1-2,7,10,15H,3-6,8,20H2/t15-/m1/s1. The van der Waals surface area contributed by atoms with Crippen molar-refractivity contribution < 1.29 is 0 Å². The van der Waals surface area contributed by atoms with Crippen LogP contribution in [0.3, 0.4) is 0 Å². The van der Waals surface area contributed by atoms with Crippen LogP contribution in [0.25, 0.3) is 0 Å². The number of nitriles is 1. The Hall–Kier alpha value is -2.04. The molecule has 2 aromatic rings. The van der Waals surface area contributed by atoms with Crippen LogP contribution in [0.2, 0.25) is 0 Å². The molecule has 1 aliphatic carbocycles. The van der Waals surface area contributed by atoms with Crippen molar-refractivity contribution in [3.05, 3.63) is 45.7 Å². The van der Waals surface area contributed by atoms with Gasteiger partial charge < -0.3 is 10.6 Å². The second-order valence-electron chi connectivity index (χ2n) is 6.61. The molecule has 1 aliphatic heterocycles. The van der Waals surface area contributed by atoms with Crippen molar-refractivity contribution in [3.8, 4) is 6.07 Å². The number of nitrogens with zero attached hydrogens (tertiary/aromatic N) is 5. The van der Waals surface area contributed by atoms with Crippen molar-refractivity contribution in [1.82, 2.24) is 15.2 Å². The maximum Gasteiger partial charge on any atom is 0.245 e. The van der Waals surface area contributed by atoms with E-state index in [-0.39, 0.29) is 11.5 Å². The van der Waals surface area contributed by atoms with E-state index in [2.05, 4.69) is 42.1 Å². The lowest BCUT2D eigenvalue weighted by Crippen LogP contribution is -2.45. The fourth-order valence-corrected chi connectivity index (χ4v) is 4.17. The molecule has 2 aliphatic rings. The maximum absolute atomic E-state index is 9.11. The molecule has 1 atom stereocenters. The molecule has 6 nitrogen and oxygen atoms in total. The molecule has 7 heteroatoms. The summed E-state index contributed by atoms with van der Waals surface area (Å²) in [5.74, 6) is 0.670. The molecule has 0 unspecified atom stereocenters. The first kappa shape index (κ1) is 15.5. The van der Waals surface area contributed by atoms with E-state index < -0.39 is 0 Å². The highest BCUT2D eigenvalue weighted by Crippen LogP contribution is 2.51. The van der Waals surface area contributed by atoms with E-state index >= 15 is 0 Å². The Morgan fingerprint density at radius 1 is 1.29 bits per heavy atom. The highest BCUT2D eigenvalue weighted by atomic mass is 79.9. The van der Waals surface area contributed by atoms with Gasteiger partial charge in [0.2, 0.25) is 5.95 Å². The van der Waals surface area contributed by atoms with Gasteiger partial charge in [0.05, 0.1) is 17.8 Å². The number of nitrogens with two attached hydrogens (primary N) is 1. The van der Waals surface area contributed by atoms with Crippen molar-refractivity contribution >= 4 is 21.9 Å². The minimum absolute atomic E-state index is 0.0337. The van der Waals surface area contributed by atoms with Crippen LogP contribution in [0.15, 0.2) is 29.0 Å². The fourth-order valence-electron chi connectivity index (χ4n) is 3.99. The molecule has 0 saturated carbocycles. The van der Waals surface area contributed by atoms with Crippen LogP contribution in [0.1, 0.15) is 35.6 Å². The lowest BCUT2D eigenvalue weighted by molar-refractivity contribution is 0.187. The number of hydrogen-bond acceptors (Lipinski definition) is 6. The molecule has 2 heterocycles. The number of hydrogen-bond donors (Lipinski definition) is 1. The van der Waals surface area contributed by atoms with Gasteiger partial charge in [0, 0.05) is 19.1 Å². The summed E-state index contributed by atoms with van der Waals surface area (Å²) in [7, 11) is 0. The van der Waals surface area contributed by atoms with Crippen LogP contribution in [-0.2, 0) is 6.42 Å². The van der Waals surface area contributed by atoms with Gasteiger partial charge >= 0.3 is 0 Å². The number of fused-ring (bicyclic) bond motifs is 1. The summed E-state index contributed by atoms with van der Waals surface area (Å²) in [6.45, 7) is 1.74. The van der Waals surface area contributed by atoms with Gasteiger partial charge in [0.25, 0.3) is 0 Å². The molecule has 1 aromatic carbocycles. The second-order valence-corrected chi connectivity index (χ2v) is 7.42. The summed E-state index contributed by atoms with van der Waals surface area (Å²) in [4.78, 5) is 6.50. The lowest BCUT2D eigenvalue weighted by atomic mass is 9.73. The van der Waals surface area contributed by atoms with Crippen molar-refractivity contribution in [1.29, 1.82) is 5.26 Å². The Bertz CT molecular complexity index is 805. The van der Waals surface area contributed by atoms with Gasteiger partial charge in [-0.3, -0.25) is 0 Å². The first-order valence-electron chi connectivity index (χ1n) is 8.00. The molecule has 1 saturated heterocycles. The number of halogens is 1. The Labute approximate surface area is 148 Å². The third-order valence-electron chi connectivity index (χ3n) is 5.37. The van der Waals surface area contributed by atoms with E-state index in [1.54, 1.807) is 6.20 Å². The molecular formula is C17H17BrN6. The predicted octanol–water partition coefficient (Wildman–Crippen LogP) is 2.35. The summed E-state index contributed by atoms with van der Waals surface area (Å²) >= 11 is 3.26. The van der Waals surface area contributed by atoms with E-state index in [9.17, 15) is 0 Å². The van der Waals surface area contributed by atoms with Crippen LogP contribution < -0.4 is 10.6 Å². The van der Waals surface area contributed by atoms with Gasteiger partial charge in [-0.15, -0.1) is 10.2 Å². The third kappa shape index (κ3) is 2.46. The number of rotatable bonds is 1. The number of anilines is 1. The van der Waals surface area contributed by atoms with E-state index in [1.807, 2.05) is 18.2 Å². The average molecular weight is 385 g/mol. The summed E-state index contributed by atoms with van der Waals surface area (Å²) in [5, 5.41) is 17.3. The molecule has 0 radical (unpaired) electrons. The van der Waals surface area contributed by atoms with Crippen LogP contribution >= 0.6 is 15.9 Å². The van der Waals surface area contributed by atoms with Crippen LogP contribution in [0, 0.1) is 16.7 Å². The lowest BCUT2D eigenvalue weighted by Gasteiger charge is -2.42. The zero-order valence-electron chi connectivity index (χ0n) is 13.1. The largest absolute Gasteiger partial charge is 0.339 e. The van der Waals surface area contributed by atoms with Gasteiger partial charge in [-0.25, -0.2) is 4.98 Å². The minimum atomic E-state index is 0.0337. The first-order valence-corrected chi connectivity index (χ1v) is 8.79. The molecule has 0 amide bonds. The molecule has 122 valence electrons. The van der Waals surface area contributed by atoms with E-state index in [0.717, 1.165) is 32.4 Å².